The third-order valence-electron chi connectivity index (χ3n) is 4.61. The quantitative estimate of drug-likeness (QED) is 0.372. The Kier molecular flexibility index (Phi) is 8.47. The zero-order valence-corrected chi connectivity index (χ0v) is 19.1. The molecular formula is C22H23F2N3O5S. The van der Waals surface area contributed by atoms with Crippen molar-refractivity contribution in [2.24, 2.45) is 0 Å². The molecule has 8 nitrogen and oxygen atoms in total. The molecule has 0 spiro atoms. The number of carbonyl (C=O) groups excluding carboxylic acids is 1. The summed E-state index contributed by atoms with van der Waals surface area (Å²) in [7, 11) is 3.13. The Hall–Kier alpha value is -3.34. The van der Waals surface area contributed by atoms with Gasteiger partial charge in [-0.2, -0.15) is 8.78 Å². The SMILES string of the molecule is CCN(Cc1ccc(OC)c(OC)c1)C(=O)CSc1nnc(-c2ccc(OC(F)F)cc2)o1. The second-order valence-electron chi connectivity index (χ2n) is 6.66. The van der Waals surface area contributed by atoms with Crippen LogP contribution in [-0.2, 0) is 11.3 Å². The van der Waals surface area contributed by atoms with E-state index in [1.807, 2.05) is 19.1 Å². The topological polar surface area (TPSA) is 86.9 Å². The molecule has 0 N–H and O–H groups in total. The minimum atomic E-state index is -2.89. The predicted molar refractivity (Wildman–Crippen MR) is 118 cm³/mol. The number of thioether (sulfide) groups is 1. The Morgan fingerprint density at radius 1 is 1.09 bits per heavy atom. The van der Waals surface area contributed by atoms with Crippen LogP contribution >= 0.6 is 11.8 Å². The van der Waals surface area contributed by atoms with E-state index in [-0.39, 0.29) is 28.5 Å². The Labute approximate surface area is 193 Å². The highest BCUT2D eigenvalue weighted by Crippen LogP contribution is 2.29. The fourth-order valence-electron chi connectivity index (χ4n) is 2.95. The van der Waals surface area contributed by atoms with Gasteiger partial charge in [0, 0.05) is 18.7 Å². The summed E-state index contributed by atoms with van der Waals surface area (Å²) in [4.78, 5) is 14.4. The van der Waals surface area contributed by atoms with Gasteiger partial charge in [-0.05, 0) is 48.9 Å². The molecule has 3 aromatic rings. The molecule has 1 amide bonds. The Bertz CT molecular complexity index is 1060. The van der Waals surface area contributed by atoms with E-state index in [4.69, 9.17) is 13.9 Å². The highest BCUT2D eigenvalue weighted by Gasteiger charge is 2.17. The van der Waals surface area contributed by atoms with E-state index in [2.05, 4.69) is 14.9 Å². The maximum absolute atomic E-state index is 12.7. The maximum atomic E-state index is 12.7. The molecule has 0 radical (unpaired) electrons. The van der Waals surface area contributed by atoms with Crippen molar-refractivity contribution in [2.75, 3.05) is 26.5 Å². The molecule has 1 heterocycles. The smallest absolute Gasteiger partial charge is 0.387 e. The van der Waals surface area contributed by atoms with Gasteiger partial charge in [-0.15, -0.1) is 10.2 Å². The van der Waals surface area contributed by atoms with Gasteiger partial charge in [0.1, 0.15) is 5.75 Å². The number of benzene rings is 2. The van der Waals surface area contributed by atoms with E-state index in [1.165, 1.54) is 24.3 Å². The molecule has 0 fully saturated rings. The third-order valence-corrected chi connectivity index (χ3v) is 5.41. The highest BCUT2D eigenvalue weighted by molar-refractivity contribution is 7.99. The number of alkyl halides is 2. The molecule has 1 aromatic heterocycles. The lowest BCUT2D eigenvalue weighted by Gasteiger charge is -2.21. The fraction of sp³-hybridized carbons (Fsp3) is 0.318. The van der Waals surface area contributed by atoms with Crippen molar-refractivity contribution in [3.63, 3.8) is 0 Å². The fourth-order valence-corrected chi connectivity index (χ4v) is 3.62. The van der Waals surface area contributed by atoms with Gasteiger partial charge in [-0.1, -0.05) is 17.8 Å². The monoisotopic (exact) mass is 479 g/mol. The van der Waals surface area contributed by atoms with Crippen LogP contribution in [0.4, 0.5) is 8.78 Å². The molecule has 2 aromatic carbocycles. The van der Waals surface area contributed by atoms with Crippen LogP contribution in [0.2, 0.25) is 0 Å². The van der Waals surface area contributed by atoms with Crippen LogP contribution in [0.25, 0.3) is 11.5 Å². The molecule has 0 aliphatic carbocycles. The molecule has 0 aliphatic rings. The molecule has 11 heteroatoms. The van der Waals surface area contributed by atoms with Gasteiger partial charge in [0.15, 0.2) is 11.5 Å². The molecule has 0 bridgehead atoms. The third kappa shape index (κ3) is 6.58. The number of amides is 1. The molecule has 0 saturated carbocycles. The largest absolute Gasteiger partial charge is 0.493 e. The molecule has 0 unspecified atom stereocenters. The summed E-state index contributed by atoms with van der Waals surface area (Å²) in [5.74, 6) is 1.48. The molecular weight excluding hydrogens is 456 g/mol. The van der Waals surface area contributed by atoms with Gasteiger partial charge in [0.25, 0.3) is 5.22 Å². The van der Waals surface area contributed by atoms with E-state index in [0.29, 0.717) is 30.2 Å². The van der Waals surface area contributed by atoms with E-state index in [0.717, 1.165) is 17.3 Å². The van der Waals surface area contributed by atoms with Gasteiger partial charge < -0.3 is 23.5 Å². The summed E-state index contributed by atoms with van der Waals surface area (Å²) in [5, 5.41) is 8.12. The van der Waals surface area contributed by atoms with Crippen LogP contribution < -0.4 is 14.2 Å². The second kappa shape index (κ2) is 11.5. The minimum absolute atomic E-state index is 0.0302. The lowest BCUT2D eigenvalue weighted by atomic mass is 10.2. The van der Waals surface area contributed by atoms with Crippen molar-refractivity contribution < 1.29 is 32.2 Å². The predicted octanol–water partition coefficient (Wildman–Crippen LogP) is 4.50. The van der Waals surface area contributed by atoms with Gasteiger partial charge in [-0.3, -0.25) is 4.79 Å². The normalized spacial score (nSPS) is 10.8. The number of rotatable bonds is 11. The van der Waals surface area contributed by atoms with Crippen LogP contribution in [0.5, 0.6) is 17.2 Å². The van der Waals surface area contributed by atoms with E-state index in [1.54, 1.807) is 25.2 Å². The number of nitrogens with zero attached hydrogens (tertiary/aromatic N) is 3. The molecule has 0 atom stereocenters. The summed E-state index contributed by atoms with van der Waals surface area (Å²) in [6.45, 7) is -0.0572. The van der Waals surface area contributed by atoms with Crippen LogP contribution in [-0.4, -0.2) is 54.1 Å². The summed E-state index contributed by atoms with van der Waals surface area (Å²) >= 11 is 1.12. The van der Waals surface area contributed by atoms with Crippen LogP contribution in [0, 0.1) is 0 Å². The van der Waals surface area contributed by atoms with Crippen molar-refractivity contribution in [1.29, 1.82) is 0 Å². The summed E-state index contributed by atoms with van der Waals surface area (Å²) in [6, 6.07) is 11.4. The van der Waals surface area contributed by atoms with E-state index >= 15 is 0 Å². The first-order valence-electron chi connectivity index (χ1n) is 9.93. The average Bonchev–Trinajstić information content (AvgIpc) is 3.30. The first-order chi connectivity index (χ1) is 15.9. The van der Waals surface area contributed by atoms with Crippen LogP contribution in [0.15, 0.2) is 52.1 Å². The van der Waals surface area contributed by atoms with Crippen molar-refractivity contribution in [2.45, 2.75) is 25.3 Å². The number of carbonyl (C=O) groups is 1. The lowest BCUT2D eigenvalue weighted by molar-refractivity contribution is -0.128. The number of hydrogen-bond acceptors (Lipinski definition) is 8. The van der Waals surface area contributed by atoms with Gasteiger partial charge in [0.2, 0.25) is 11.8 Å². The van der Waals surface area contributed by atoms with Gasteiger partial charge in [-0.25, -0.2) is 0 Å². The van der Waals surface area contributed by atoms with Crippen molar-refractivity contribution in [1.82, 2.24) is 15.1 Å². The Balaban J connectivity index is 1.58. The summed E-state index contributed by atoms with van der Waals surface area (Å²) in [6.07, 6.45) is 0. The first-order valence-corrected chi connectivity index (χ1v) is 10.9. The first kappa shape index (κ1) is 24.3. The molecule has 0 saturated heterocycles. The van der Waals surface area contributed by atoms with Crippen molar-refractivity contribution >= 4 is 17.7 Å². The summed E-state index contributed by atoms with van der Waals surface area (Å²) < 4.78 is 45.0. The number of hydrogen-bond donors (Lipinski definition) is 0. The maximum Gasteiger partial charge on any atom is 0.387 e. The number of ether oxygens (including phenoxy) is 3. The average molecular weight is 480 g/mol. The van der Waals surface area contributed by atoms with E-state index < -0.39 is 6.61 Å². The minimum Gasteiger partial charge on any atom is -0.493 e. The van der Waals surface area contributed by atoms with Gasteiger partial charge in [0.05, 0.1) is 20.0 Å². The highest BCUT2D eigenvalue weighted by atomic mass is 32.2. The van der Waals surface area contributed by atoms with Gasteiger partial charge >= 0.3 is 6.61 Å². The number of halogens is 2. The Morgan fingerprint density at radius 2 is 1.82 bits per heavy atom. The summed E-state index contributed by atoms with van der Waals surface area (Å²) in [5.41, 5.74) is 1.46. The number of aromatic nitrogens is 2. The zero-order valence-electron chi connectivity index (χ0n) is 18.3. The molecule has 0 aliphatic heterocycles. The standard InChI is InChI=1S/C22H23F2N3O5S/c1-4-27(12-14-5-10-17(29-2)18(11-14)30-3)19(28)13-33-22-26-25-20(32-22)15-6-8-16(9-7-15)31-21(23)24/h5-11,21H,4,12-13H2,1-3H3. The van der Waals surface area contributed by atoms with Crippen LogP contribution in [0.3, 0.4) is 0 Å². The van der Waals surface area contributed by atoms with Crippen LogP contribution in [0.1, 0.15) is 12.5 Å². The molecule has 3 rings (SSSR count). The van der Waals surface area contributed by atoms with E-state index in [9.17, 15) is 13.6 Å². The zero-order chi connectivity index (χ0) is 23.8. The molecule has 33 heavy (non-hydrogen) atoms. The van der Waals surface area contributed by atoms with Crippen molar-refractivity contribution in [3.05, 3.63) is 48.0 Å². The Morgan fingerprint density at radius 3 is 2.45 bits per heavy atom. The van der Waals surface area contributed by atoms with Crippen molar-refractivity contribution in [3.8, 4) is 28.7 Å². The molecule has 176 valence electrons. The second-order valence-corrected chi connectivity index (χ2v) is 7.59. The number of methoxy groups -OCH3 is 2. The lowest BCUT2D eigenvalue weighted by Crippen LogP contribution is -2.31.